The minimum Gasteiger partial charge on any atom is -0.508 e. The highest BCUT2D eigenvalue weighted by atomic mass is 16.5. The number of aromatic hydroxyl groups is 1. The lowest BCUT2D eigenvalue weighted by molar-refractivity contribution is 0.192. The standard InChI is InChI=1S/C13H21NO2/c1-11(14-9-3-4-10-16-2)12-5-7-13(15)8-6-12/h5-8,11,14-15H,3-4,9-10H2,1-2H3. The summed E-state index contributed by atoms with van der Waals surface area (Å²) in [6.07, 6.45) is 2.21. The first-order valence-electron chi connectivity index (χ1n) is 5.75. The van der Waals surface area contributed by atoms with Crippen LogP contribution in [0.5, 0.6) is 5.75 Å². The van der Waals surface area contributed by atoms with Crippen molar-refractivity contribution >= 4 is 0 Å². The van der Waals surface area contributed by atoms with Crippen molar-refractivity contribution in [3.63, 3.8) is 0 Å². The van der Waals surface area contributed by atoms with Gasteiger partial charge >= 0.3 is 0 Å². The maximum Gasteiger partial charge on any atom is 0.115 e. The minimum absolute atomic E-state index is 0.316. The number of methoxy groups -OCH3 is 1. The molecular weight excluding hydrogens is 202 g/mol. The highest BCUT2D eigenvalue weighted by Gasteiger charge is 2.03. The summed E-state index contributed by atoms with van der Waals surface area (Å²) in [5.41, 5.74) is 1.20. The first kappa shape index (κ1) is 13.0. The first-order valence-corrected chi connectivity index (χ1v) is 5.75. The van der Waals surface area contributed by atoms with Crippen LogP contribution in [0.4, 0.5) is 0 Å². The number of hydrogen-bond donors (Lipinski definition) is 2. The van der Waals surface area contributed by atoms with Crippen LogP contribution in [-0.2, 0) is 4.74 Å². The van der Waals surface area contributed by atoms with E-state index < -0.39 is 0 Å². The van der Waals surface area contributed by atoms with Crippen LogP contribution < -0.4 is 5.32 Å². The van der Waals surface area contributed by atoms with Gasteiger partial charge in [-0.1, -0.05) is 12.1 Å². The Morgan fingerprint density at radius 3 is 2.56 bits per heavy atom. The fraction of sp³-hybridized carbons (Fsp3) is 0.538. The van der Waals surface area contributed by atoms with Crippen molar-refractivity contribution in [1.82, 2.24) is 5.32 Å². The molecule has 1 atom stereocenters. The third-order valence-corrected chi connectivity index (χ3v) is 2.62. The number of unbranched alkanes of at least 4 members (excludes halogenated alkanes) is 1. The molecule has 0 bridgehead atoms. The van der Waals surface area contributed by atoms with Gasteiger partial charge in [-0.15, -0.1) is 0 Å². The molecule has 1 aromatic carbocycles. The van der Waals surface area contributed by atoms with Gasteiger partial charge < -0.3 is 15.2 Å². The van der Waals surface area contributed by atoms with Gasteiger partial charge in [0.25, 0.3) is 0 Å². The predicted molar refractivity (Wildman–Crippen MR) is 65.6 cm³/mol. The normalized spacial score (nSPS) is 12.6. The van der Waals surface area contributed by atoms with Crippen LogP contribution in [0.2, 0.25) is 0 Å². The molecule has 0 fully saturated rings. The average Bonchev–Trinajstić information content (AvgIpc) is 2.29. The quantitative estimate of drug-likeness (QED) is 0.698. The zero-order chi connectivity index (χ0) is 11.8. The summed E-state index contributed by atoms with van der Waals surface area (Å²) >= 11 is 0. The zero-order valence-corrected chi connectivity index (χ0v) is 10.1. The second kappa shape index (κ2) is 7.25. The SMILES string of the molecule is COCCCCNC(C)c1ccc(O)cc1. The third kappa shape index (κ3) is 4.64. The van der Waals surface area contributed by atoms with Crippen LogP contribution in [0.15, 0.2) is 24.3 Å². The molecule has 0 spiro atoms. The zero-order valence-electron chi connectivity index (χ0n) is 10.1. The average molecular weight is 223 g/mol. The van der Waals surface area contributed by atoms with E-state index in [1.807, 2.05) is 12.1 Å². The number of nitrogens with one attached hydrogen (secondary N) is 1. The molecule has 0 aliphatic carbocycles. The second-order valence-corrected chi connectivity index (χ2v) is 3.97. The van der Waals surface area contributed by atoms with Crippen LogP contribution in [-0.4, -0.2) is 25.4 Å². The Hall–Kier alpha value is -1.06. The highest BCUT2D eigenvalue weighted by molar-refractivity contribution is 5.27. The van der Waals surface area contributed by atoms with Gasteiger partial charge in [0.05, 0.1) is 0 Å². The topological polar surface area (TPSA) is 41.5 Å². The summed E-state index contributed by atoms with van der Waals surface area (Å²) in [7, 11) is 1.73. The Morgan fingerprint density at radius 1 is 1.25 bits per heavy atom. The van der Waals surface area contributed by atoms with Gasteiger partial charge in [-0.2, -0.15) is 0 Å². The number of hydrogen-bond acceptors (Lipinski definition) is 3. The molecule has 0 aromatic heterocycles. The van der Waals surface area contributed by atoms with Crippen molar-refractivity contribution in [2.75, 3.05) is 20.3 Å². The van der Waals surface area contributed by atoms with Crippen LogP contribution in [0, 0.1) is 0 Å². The Bertz CT molecular complexity index is 284. The maximum atomic E-state index is 9.18. The van der Waals surface area contributed by atoms with E-state index in [9.17, 15) is 5.11 Å². The number of benzene rings is 1. The van der Waals surface area contributed by atoms with Gasteiger partial charge in [0.2, 0.25) is 0 Å². The number of phenolic OH excluding ortho intramolecular Hbond substituents is 1. The smallest absolute Gasteiger partial charge is 0.115 e. The summed E-state index contributed by atoms with van der Waals surface area (Å²) in [5.74, 6) is 0.316. The molecule has 1 aromatic rings. The Balaban J connectivity index is 2.24. The van der Waals surface area contributed by atoms with E-state index in [2.05, 4.69) is 12.2 Å². The molecule has 3 nitrogen and oxygen atoms in total. The predicted octanol–water partition coefficient (Wildman–Crippen LogP) is 2.47. The Labute approximate surface area is 97.4 Å². The molecule has 0 aliphatic heterocycles. The van der Waals surface area contributed by atoms with Crippen molar-refractivity contribution in [1.29, 1.82) is 0 Å². The van der Waals surface area contributed by atoms with E-state index in [4.69, 9.17) is 4.74 Å². The molecule has 2 N–H and O–H groups in total. The van der Waals surface area contributed by atoms with Gasteiger partial charge in [0.15, 0.2) is 0 Å². The number of rotatable bonds is 7. The highest BCUT2D eigenvalue weighted by Crippen LogP contribution is 2.16. The van der Waals surface area contributed by atoms with Crippen molar-refractivity contribution in [2.45, 2.75) is 25.8 Å². The van der Waals surface area contributed by atoms with Crippen LogP contribution in [0.3, 0.4) is 0 Å². The lowest BCUT2D eigenvalue weighted by atomic mass is 10.1. The molecule has 1 rings (SSSR count). The summed E-state index contributed by atoms with van der Waals surface area (Å²) in [6.45, 7) is 3.95. The van der Waals surface area contributed by atoms with Crippen LogP contribution >= 0.6 is 0 Å². The largest absolute Gasteiger partial charge is 0.508 e. The van der Waals surface area contributed by atoms with Crippen molar-refractivity contribution in [3.8, 4) is 5.75 Å². The van der Waals surface area contributed by atoms with Gasteiger partial charge in [-0.05, 0) is 44.0 Å². The van der Waals surface area contributed by atoms with E-state index in [1.165, 1.54) is 5.56 Å². The Morgan fingerprint density at radius 2 is 1.94 bits per heavy atom. The van der Waals surface area contributed by atoms with Gasteiger partial charge in [-0.25, -0.2) is 0 Å². The minimum atomic E-state index is 0.316. The molecule has 0 aliphatic rings. The van der Waals surface area contributed by atoms with Crippen LogP contribution in [0.25, 0.3) is 0 Å². The maximum absolute atomic E-state index is 9.18. The van der Waals surface area contributed by atoms with Crippen LogP contribution in [0.1, 0.15) is 31.4 Å². The fourth-order valence-corrected chi connectivity index (χ4v) is 1.57. The summed E-state index contributed by atoms with van der Waals surface area (Å²) < 4.78 is 4.99. The van der Waals surface area contributed by atoms with Crippen molar-refractivity contribution < 1.29 is 9.84 Å². The lowest BCUT2D eigenvalue weighted by Gasteiger charge is -2.14. The molecule has 3 heteroatoms. The van der Waals surface area contributed by atoms with E-state index >= 15 is 0 Å². The third-order valence-electron chi connectivity index (χ3n) is 2.62. The summed E-state index contributed by atoms with van der Waals surface area (Å²) in [5, 5.41) is 12.6. The summed E-state index contributed by atoms with van der Waals surface area (Å²) in [6, 6.07) is 7.66. The van der Waals surface area contributed by atoms with Gasteiger partial charge in [0, 0.05) is 19.8 Å². The molecular formula is C13H21NO2. The monoisotopic (exact) mass is 223 g/mol. The van der Waals surface area contributed by atoms with Crippen molar-refractivity contribution in [3.05, 3.63) is 29.8 Å². The molecule has 1 unspecified atom stereocenters. The fourth-order valence-electron chi connectivity index (χ4n) is 1.57. The summed E-state index contributed by atoms with van der Waals surface area (Å²) in [4.78, 5) is 0. The molecule has 0 heterocycles. The molecule has 0 amide bonds. The molecule has 90 valence electrons. The van der Waals surface area contributed by atoms with E-state index in [1.54, 1.807) is 19.2 Å². The first-order chi connectivity index (χ1) is 7.74. The molecule has 0 saturated heterocycles. The lowest BCUT2D eigenvalue weighted by Crippen LogP contribution is -2.20. The molecule has 0 radical (unpaired) electrons. The van der Waals surface area contributed by atoms with E-state index in [0.717, 1.165) is 26.0 Å². The van der Waals surface area contributed by atoms with E-state index in [0.29, 0.717) is 11.8 Å². The van der Waals surface area contributed by atoms with Gasteiger partial charge in [0.1, 0.15) is 5.75 Å². The van der Waals surface area contributed by atoms with Crippen molar-refractivity contribution in [2.24, 2.45) is 0 Å². The van der Waals surface area contributed by atoms with Gasteiger partial charge in [-0.3, -0.25) is 0 Å². The molecule has 0 saturated carbocycles. The second-order valence-electron chi connectivity index (χ2n) is 3.97. The number of ether oxygens (including phenoxy) is 1. The Kier molecular flexibility index (Phi) is 5.90. The molecule has 16 heavy (non-hydrogen) atoms. The number of phenols is 1. The van der Waals surface area contributed by atoms with E-state index in [-0.39, 0.29) is 0 Å².